The summed E-state index contributed by atoms with van der Waals surface area (Å²) in [5.41, 5.74) is 4.47. The Labute approximate surface area is 255 Å². The van der Waals surface area contributed by atoms with Crippen molar-refractivity contribution >= 4 is 34.2 Å². The maximum absolute atomic E-state index is 14.2. The van der Waals surface area contributed by atoms with Gasteiger partial charge in [-0.1, -0.05) is 35.5 Å². The van der Waals surface area contributed by atoms with Crippen molar-refractivity contribution in [2.24, 2.45) is 0 Å². The zero-order valence-electron chi connectivity index (χ0n) is 24.4. The van der Waals surface area contributed by atoms with Crippen LogP contribution in [0.3, 0.4) is 0 Å². The van der Waals surface area contributed by atoms with Crippen LogP contribution in [-0.2, 0) is 27.4 Å². The molecule has 11 heteroatoms. The fraction of sp³-hybridized carbons (Fsp3) is 0.242. The van der Waals surface area contributed by atoms with Crippen LogP contribution in [0.1, 0.15) is 17.2 Å². The molecule has 3 heterocycles. The first-order valence-corrected chi connectivity index (χ1v) is 14.4. The van der Waals surface area contributed by atoms with Crippen molar-refractivity contribution in [3.63, 3.8) is 0 Å². The van der Waals surface area contributed by atoms with Gasteiger partial charge in [0.2, 0.25) is 5.91 Å². The second kappa shape index (κ2) is 13.3. The molecule has 1 unspecified atom stereocenters. The molecule has 1 atom stereocenters. The predicted molar refractivity (Wildman–Crippen MR) is 166 cm³/mol. The number of hydrogen-bond acceptors (Lipinski definition) is 8. The number of para-hydroxylation sites is 1. The standard InChI is InChI=1S/C33H33N7O4/c1-43-28-8-4-7-25(20-28)32(33(42)35-26-11-13-27(14-12-26)38-16-18-44-19-17-38)39(22-24-6-5-15-34-21-24)31(41)23-40-30-10-3-2-9-29(30)36-37-40/h2-15,20-21,32H,16-19,22-23H2,1H3,(H,35,42). The van der Waals surface area contributed by atoms with E-state index in [1.807, 2.05) is 66.7 Å². The smallest absolute Gasteiger partial charge is 0.251 e. The van der Waals surface area contributed by atoms with Gasteiger partial charge >= 0.3 is 0 Å². The lowest BCUT2D eigenvalue weighted by Gasteiger charge is -2.32. The molecule has 0 radical (unpaired) electrons. The molecule has 0 saturated carbocycles. The number of fused-ring (bicyclic) bond motifs is 1. The van der Waals surface area contributed by atoms with Crippen molar-refractivity contribution in [3.8, 4) is 5.75 Å². The monoisotopic (exact) mass is 591 g/mol. The first-order valence-electron chi connectivity index (χ1n) is 14.4. The highest BCUT2D eigenvalue weighted by Gasteiger charge is 2.33. The summed E-state index contributed by atoms with van der Waals surface area (Å²) in [6, 6.07) is 25.1. The number of methoxy groups -OCH3 is 1. The number of hydrogen-bond donors (Lipinski definition) is 1. The number of nitrogens with zero attached hydrogens (tertiary/aromatic N) is 6. The van der Waals surface area contributed by atoms with E-state index in [0.717, 1.165) is 29.9 Å². The number of ether oxygens (including phenoxy) is 2. The number of carbonyl (C=O) groups is 2. The number of pyridine rings is 1. The molecule has 0 spiro atoms. The number of amides is 2. The van der Waals surface area contributed by atoms with Gasteiger partial charge in [0.25, 0.3) is 5.91 Å². The average molecular weight is 592 g/mol. The van der Waals surface area contributed by atoms with Crippen LogP contribution < -0.4 is 15.0 Å². The average Bonchev–Trinajstić information content (AvgIpc) is 3.48. The number of nitrogens with one attached hydrogen (secondary N) is 1. The summed E-state index contributed by atoms with van der Waals surface area (Å²) in [6.07, 6.45) is 3.36. The van der Waals surface area contributed by atoms with Gasteiger partial charge < -0.3 is 24.6 Å². The van der Waals surface area contributed by atoms with Crippen LogP contribution in [0.5, 0.6) is 5.75 Å². The Balaban J connectivity index is 1.34. The maximum Gasteiger partial charge on any atom is 0.251 e. The normalized spacial score (nSPS) is 13.8. The summed E-state index contributed by atoms with van der Waals surface area (Å²) in [6.45, 7) is 3.04. The van der Waals surface area contributed by atoms with Crippen molar-refractivity contribution in [2.45, 2.75) is 19.1 Å². The molecular formula is C33H33N7O4. The second-order valence-electron chi connectivity index (χ2n) is 10.4. The van der Waals surface area contributed by atoms with Crippen molar-refractivity contribution in [1.82, 2.24) is 24.9 Å². The van der Waals surface area contributed by atoms with Crippen LogP contribution in [0.15, 0.2) is 97.3 Å². The van der Waals surface area contributed by atoms with Gasteiger partial charge in [-0.15, -0.1) is 5.10 Å². The summed E-state index contributed by atoms with van der Waals surface area (Å²) in [5.74, 6) is -0.0978. The molecule has 1 aliphatic rings. The molecule has 2 amide bonds. The van der Waals surface area contributed by atoms with Gasteiger partial charge in [0, 0.05) is 43.4 Å². The van der Waals surface area contributed by atoms with Gasteiger partial charge in [-0.2, -0.15) is 0 Å². The van der Waals surface area contributed by atoms with E-state index >= 15 is 0 Å². The van der Waals surface area contributed by atoms with E-state index in [1.54, 1.807) is 47.3 Å². The number of benzene rings is 3. The van der Waals surface area contributed by atoms with Gasteiger partial charge in [0.05, 0.1) is 25.8 Å². The SMILES string of the molecule is COc1cccc(C(C(=O)Nc2ccc(N3CCOCC3)cc2)N(Cc2cccnc2)C(=O)Cn2nnc3ccccc32)c1. The molecule has 11 nitrogen and oxygen atoms in total. The molecule has 1 saturated heterocycles. The lowest BCUT2D eigenvalue weighted by molar-refractivity contribution is -0.140. The summed E-state index contributed by atoms with van der Waals surface area (Å²) >= 11 is 0. The third kappa shape index (κ3) is 6.52. The Hall–Kier alpha value is -5.29. The first kappa shape index (κ1) is 28.8. The first-order chi connectivity index (χ1) is 21.6. The fourth-order valence-corrected chi connectivity index (χ4v) is 5.34. The molecular weight excluding hydrogens is 558 g/mol. The number of morpholine rings is 1. The number of anilines is 2. The Bertz CT molecular complexity index is 1720. The van der Waals surface area contributed by atoms with Crippen LogP contribution >= 0.6 is 0 Å². The number of carbonyl (C=O) groups excluding carboxylic acids is 2. The predicted octanol–water partition coefficient (Wildman–Crippen LogP) is 4.08. The molecule has 1 N–H and O–H groups in total. The highest BCUT2D eigenvalue weighted by atomic mass is 16.5. The highest BCUT2D eigenvalue weighted by Crippen LogP contribution is 2.29. The quantitative estimate of drug-likeness (QED) is 0.259. The maximum atomic E-state index is 14.2. The Kier molecular flexibility index (Phi) is 8.74. The van der Waals surface area contributed by atoms with E-state index in [-0.39, 0.29) is 24.9 Å². The van der Waals surface area contributed by atoms with Gasteiger partial charge in [-0.25, -0.2) is 4.68 Å². The van der Waals surface area contributed by atoms with Crippen LogP contribution in [0, 0.1) is 0 Å². The lowest BCUT2D eigenvalue weighted by atomic mass is 10.0. The van der Waals surface area contributed by atoms with Gasteiger partial charge in [-0.3, -0.25) is 14.6 Å². The summed E-state index contributed by atoms with van der Waals surface area (Å²) in [5, 5.41) is 11.5. The van der Waals surface area contributed by atoms with E-state index < -0.39 is 6.04 Å². The minimum absolute atomic E-state index is 0.108. The molecule has 0 bridgehead atoms. The highest BCUT2D eigenvalue weighted by molar-refractivity contribution is 5.98. The Morgan fingerprint density at radius 2 is 1.82 bits per heavy atom. The fourth-order valence-electron chi connectivity index (χ4n) is 5.34. The molecule has 5 aromatic rings. The molecule has 6 rings (SSSR count). The number of rotatable bonds is 10. The van der Waals surface area contributed by atoms with E-state index in [0.29, 0.717) is 35.7 Å². The summed E-state index contributed by atoms with van der Waals surface area (Å²) in [4.78, 5) is 36.5. The molecule has 224 valence electrons. The van der Waals surface area contributed by atoms with Gasteiger partial charge in [0.15, 0.2) is 0 Å². The van der Waals surface area contributed by atoms with Crippen molar-refractivity contribution < 1.29 is 19.1 Å². The minimum Gasteiger partial charge on any atom is -0.497 e. The molecule has 3 aromatic carbocycles. The molecule has 0 aliphatic carbocycles. The third-order valence-electron chi connectivity index (χ3n) is 7.58. The van der Waals surface area contributed by atoms with E-state index in [2.05, 4.69) is 25.5 Å². The third-order valence-corrected chi connectivity index (χ3v) is 7.58. The van der Waals surface area contributed by atoms with Crippen molar-refractivity contribution in [2.75, 3.05) is 43.6 Å². The Morgan fingerprint density at radius 3 is 2.59 bits per heavy atom. The largest absolute Gasteiger partial charge is 0.497 e. The van der Waals surface area contributed by atoms with Crippen molar-refractivity contribution in [1.29, 1.82) is 0 Å². The zero-order chi connectivity index (χ0) is 30.3. The van der Waals surface area contributed by atoms with Crippen LogP contribution in [0.4, 0.5) is 11.4 Å². The van der Waals surface area contributed by atoms with Crippen LogP contribution in [0.25, 0.3) is 11.0 Å². The van der Waals surface area contributed by atoms with E-state index in [9.17, 15) is 9.59 Å². The topological polar surface area (TPSA) is 115 Å². The molecule has 1 aliphatic heterocycles. The molecule has 1 fully saturated rings. The zero-order valence-corrected chi connectivity index (χ0v) is 24.4. The molecule has 44 heavy (non-hydrogen) atoms. The van der Waals surface area contributed by atoms with Crippen LogP contribution in [0.2, 0.25) is 0 Å². The summed E-state index contributed by atoms with van der Waals surface area (Å²) in [7, 11) is 1.57. The van der Waals surface area contributed by atoms with E-state index in [4.69, 9.17) is 9.47 Å². The Morgan fingerprint density at radius 1 is 1.00 bits per heavy atom. The molecule has 2 aromatic heterocycles. The number of aromatic nitrogens is 4. The lowest BCUT2D eigenvalue weighted by Crippen LogP contribution is -2.42. The van der Waals surface area contributed by atoms with E-state index in [1.165, 1.54) is 0 Å². The van der Waals surface area contributed by atoms with Gasteiger partial charge in [-0.05, 0) is 65.7 Å². The summed E-state index contributed by atoms with van der Waals surface area (Å²) < 4.78 is 12.5. The second-order valence-corrected chi connectivity index (χ2v) is 10.4. The van der Waals surface area contributed by atoms with Crippen LogP contribution in [-0.4, -0.2) is 70.1 Å². The van der Waals surface area contributed by atoms with Crippen molar-refractivity contribution in [3.05, 3.63) is 108 Å². The van der Waals surface area contributed by atoms with Gasteiger partial charge in [0.1, 0.15) is 23.9 Å². The minimum atomic E-state index is -0.994.